The second-order valence-electron chi connectivity index (χ2n) is 3.62. The van der Waals surface area contributed by atoms with E-state index >= 15 is 0 Å². The lowest BCUT2D eigenvalue weighted by Crippen LogP contribution is -2.23. The molecule has 1 amide bonds. The van der Waals surface area contributed by atoms with Crippen LogP contribution in [0.1, 0.15) is 23.0 Å². The molecule has 1 heterocycles. The van der Waals surface area contributed by atoms with Crippen molar-refractivity contribution in [2.45, 2.75) is 19.5 Å². The number of halogens is 3. The highest BCUT2D eigenvalue weighted by molar-refractivity contribution is 7.18. The van der Waals surface area contributed by atoms with Gasteiger partial charge in [0.1, 0.15) is 11.4 Å². The molecule has 1 rings (SSSR count). The molecule has 0 aliphatic carbocycles. The smallest absolute Gasteiger partial charge is 0.397 e. The van der Waals surface area contributed by atoms with Gasteiger partial charge in [0.05, 0.1) is 10.7 Å². The molecule has 0 aromatic carbocycles. The maximum absolute atomic E-state index is 12.0. The zero-order valence-electron chi connectivity index (χ0n) is 9.73. The van der Waals surface area contributed by atoms with Crippen molar-refractivity contribution in [3.8, 4) is 0 Å². The van der Waals surface area contributed by atoms with E-state index in [2.05, 4.69) is 10.6 Å². The van der Waals surface area contributed by atoms with Gasteiger partial charge in [0.15, 0.2) is 0 Å². The molecule has 1 aromatic heterocycles. The Bertz CT molecular complexity index is 417. The number of alkyl halides is 3. The summed E-state index contributed by atoms with van der Waals surface area (Å²) in [6.45, 7) is 1.25. The van der Waals surface area contributed by atoms with Gasteiger partial charge in [0.25, 0.3) is 5.91 Å². The lowest BCUT2D eigenvalue weighted by atomic mass is 10.3. The molecule has 8 heteroatoms. The highest BCUT2D eigenvalue weighted by Crippen LogP contribution is 2.30. The highest BCUT2D eigenvalue weighted by Gasteiger charge is 2.27. The molecule has 102 valence electrons. The van der Waals surface area contributed by atoms with Gasteiger partial charge in [-0.1, -0.05) is 6.92 Å². The number of nitrogen functional groups attached to an aromatic ring is 1. The summed E-state index contributed by atoms with van der Waals surface area (Å²) in [5.74, 6) is -0.362. The van der Waals surface area contributed by atoms with Crippen LogP contribution in [0.25, 0.3) is 0 Å². The molecule has 4 N–H and O–H groups in total. The van der Waals surface area contributed by atoms with Gasteiger partial charge in [-0.25, -0.2) is 0 Å². The van der Waals surface area contributed by atoms with Gasteiger partial charge < -0.3 is 16.4 Å². The number of nitrogens with one attached hydrogen (secondary N) is 2. The summed E-state index contributed by atoms with van der Waals surface area (Å²) < 4.78 is 36.0. The molecule has 1 aromatic rings. The van der Waals surface area contributed by atoms with Gasteiger partial charge in [0, 0.05) is 6.54 Å². The number of carbonyl (C=O) groups is 1. The van der Waals surface area contributed by atoms with Crippen molar-refractivity contribution < 1.29 is 18.0 Å². The first kappa shape index (κ1) is 14.6. The Kier molecular flexibility index (Phi) is 4.83. The molecule has 0 unspecified atom stereocenters. The summed E-state index contributed by atoms with van der Waals surface area (Å²) in [6.07, 6.45) is -3.53. The zero-order chi connectivity index (χ0) is 13.8. The van der Waals surface area contributed by atoms with Gasteiger partial charge in [-0.3, -0.25) is 4.79 Å². The van der Waals surface area contributed by atoms with Gasteiger partial charge in [-0.05, 0) is 12.5 Å². The molecule has 0 aliphatic heterocycles. The third-order valence-corrected chi connectivity index (χ3v) is 3.07. The minimum absolute atomic E-state index is 0.179. The van der Waals surface area contributed by atoms with Crippen LogP contribution in [0.5, 0.6) is 0 Å². The maximum atomic E-state index is 12.0. The summed E-state index contributed by atoms with van der Waals surface area (Å²) in [5.41, 5.74) is 5.76. The number of carbonyl (C=O) groups excluding carboxylic acids is 1. The van der Waals surface area contributed by atoms with Crippen LogP contribution in [0, 0.1) is 0 Å². The van der Waals surface area contributed by atoms with E-state index < -0.39 is 12.7 Å². The summed E-state index contributed by atoms with van der Waals surface area (Å²) in [5, 5.41) is 5.04. The fraction of sp³-hybridized carbons (Fsp3) is 0.500. The van der Waals surface area contributed by atoms with Gasteiger partial charge >= 0.3 is 6.18 Å². The Labute approximate surface area is 106 Å². The maximum Gasteiger partial charge on any atom is 0.405 e. The van der Waals surface area contributed by atoms with Crippen molar-refractivity contribution in [1.29, 1.82) is 0 Å². The van der Waals surface area contributed by atoms with Crippen LogP contribution < -0.4 is 16.4 Å². The molecule has 0 radical (unpaired) electrons. The predicted molar refractivity (Wildman–Crippen MR) is 65.9 cm³/mol. The molecule has 0 aliphatic rings. The SMILES string of the molecule is CCCNC(=O)c1sc(NCC(F)(F)F)cc1N. The lowest BCUT2D eigenvalue weighted by Gasteiger charge is -2.06. The second kappa shape index (κ2) is 5.94. The molecule has 0 atom stereocenters. The first-order valence-corrected chi connectivity index (χ1v) is 6.13. The van der Waals surface area contributed by atoms with Crippen LogP contribution in [0.2, 0.25) is 0 Å². The summed E-state index contributed by atoms with van der Waals surface area (Å²) >= 11 is 0.911. The van der Waals surface area contributed by atoms with E-state index in [1.165, 1.54) is 6.07 Å². The zero-order valence-corrected chi connectivity index (χ0v) is 10.5. The van der Waals surface area contributed by atoms with Crippen molar-refractivity contribution in [3.05, 3.63) is 10.9 Å². The fourth-order valence-corrected chi connectivity index (χ4v) is 2.07. The number of hydrogen-bond donors (Lipinski definition) is 3. The van der Waals surface area contributed by atoms with Crippen molar-refractivity contribution in [2.24, 2.45) is 0 Å². The van der Waals surface area contributed by atoms with Crippen LogP contribution in [0.4, 0.5) is 23.9 Å². The Morgan fingerprint density at radius 3 is 2.72 bits per heavy atom. The minimum atomic E-state index is -4.30. The van der Waals surface area contributed by atoms with Crippen LogP contribution in [-0.4, -0.2) is 25.2 Å². The van der Waals surface area contributed by atoms with Crippen LogP contribution in [-0.2, 0) is 0 Å². The Morgan fingerprint density at radius 1 is 1.50 bits per heavy atom. The number of nitrogens with two attached hydrogens (primary N) is 1. The average Bonchev–Trinajstić information content (AvgIpc) is 2.64. The van der Waals surface area contributed by atoms with Gasteiger partial charge in [0.2, 0.25) is 0 Å². The summed E-state index contributed by atoms with van der Waals surface area (Å²) in [7, 11) is 0. The number of anilines is 2. The van der Waals surface area contributed by atoms with E-state index in [1.54, 1.807) is 0 Å². The number of rotatable bonds is 5. The van der Waals surface area contributed by atoms with Crippen molar-refractivity contribution in [1.82, 2.24) is 5.32 Å². The molecule has 4 nitrogen and oxygen atoms in total. The first-order chi connectivity index (χ1) is 8.33. The number of amides is 1. The Hall–Kier alpha value is -1.44. The van der Waals surface area contributed by atoms with Crippen LogP contribution >= 0.6 is 11.3 Å². The molecule has 0 saturated carbocycles. The predicted octanol–water partition coefficient (Wildman–Crippen LogP) is 2.44. The van der Waals surface area contributed by atoms with Crippen molar-refractivity contribution in [3.63, 3.8) is 0 Å². The van der Waals surface area contributed by atoms with Crippen molar-refractivity contribution >= 4 is 27.9 Å². The molecule has 0 spiro atoms. The van der Waals surface area contributed by atoms with Crippen molar-refractivity contribution in [2.75, 3.05) is 24.1 Å². The first-order valence-electron chi connectivity index (χ1n) is 5.31. The minimum Gasteiger partial charge on any atom is -0.397 e. The normalized spacial score (nSPS) is 11.3. The Morgan fingerprint density at radius 2 is 2.17 bits per heavy atom. The molecule has 0 bridgehead atoms. The highest BCUT2D eigenvalue weighted by atomic mass is 32.1. The Balaban J connectivity index is 2.66. The quantitative estimate of drug-likeness (QED) is 0.776. The average molecular weight is 281 g/mol. The van der Waals surface area contributed by atoms with E-state index in [-0.39, 0.29) is 21.5 Å². The van der Waals surface area contributed by atoms with Gasteiger partial charge in [-0.2, -0.15) is 13.2 Å². The standard InChI is InChI=1S/C10H14F3N3OS/c1-2-3-15-9(17)8-6(14)4-7(18-8)16-5-10(11,12)13/h4,16H,2-3,5,14H2,1H3,(H,15,17). The van der Waals surface area contributed by atoms with Crippen LogP contribution in [0.3, 0.4) is 0 Å². The third kappa shape index (κ3) is 4.44. The summed E-state index contributed by atoms with van der Waals surface area (Å²) in [6, 6.07) is 1.33. The molecule has 0 fully saturated rings. The summed E-state index contributed by atoms with van der Waals surface area (Å²) in [4.78, 5) is 11.8. The van der Waals surface area contributed by atoms with E-state index in [1.807, 2.05) is 6.92 Å². The van der Waals surface area contributed by atoms with Gasteiger partial charge in [-0.15, -0.1) is 11.3 Å². The monoisotopic (exact) mass is 281 g/mol. The largest absolute Gasteiger partial charge is 0.405 e. The third-order valence-electron chi connectivity index (χ3n) is 1.97. The van der Waals surface area contributed by atoms with E-state index in [0.29, 0.717) is 6.54 Å². The van der Waals surface area contributed by atoms with E-state index in [4.69, 9.17) is 5.73 Å². The number of thiophene rings is 1. The molecule has 18 heavy (non-hydrogen) atoms. The number of hydrogen-bond acceptors (Lipinski definition) is 4. The molecular weight excluding hydrogens is 267 g/mol. The topological polar surface area (TPSA) is 67.2 Å². The van der Waals surface area contributed by atoms with E-state index in [9.17, 15) is 18.0 Å². The van der Waals surface area contributed by atoms with E-state index in [0.717, 1.165) is 17.8 Å². The fourth-order valence-electron chi connectivity index (χ4n) is 1.18. The molecule has 0 saturated heterocycles. The second-order valence-corrected chi connectivity index (χ2v) is 4.67. The molecular formula is C10H14F3N3OS. The van der Waals surface area contributed by atoms with Crippen LogP contribution in [0.15, 0.2) is 6.07 Å². The lowest BCUT2D eigenvalue weighted by molar-refractivity contribution is -0.115.